The van der Waals surface area contributed by atoms with Crippen molar-refractivity contribution in [3.63, 3.8) is 0 Å². The van der Waals surface area contributed by atoms with Gasteiger partial charge in [0.05, 0.1) is 18.4 Å². The number of ether oxygens (including phenoxy) is 1. The molecule has 15 heavy (non-hydrogen) atoms. The zero-order chi connectivity index (χ0) is 11.4. The number of hydrogen-bond donors (Lipinski definition) is 1. The topological polar surface area (TPSA) is 63.6 Å². The van der Waals surface area contributed by atoms with Crippen molar-refractivity contribution in [3.8, 4) is 0 Å². The Balaban J connectivity index is 2.47. The molecule has 1 aliphatic rings. The standard InChI is InChI=1S/C11H18O4/c1-7(2)6-15-11(14)9-5-3-4-8(9)10(12)13/h7-9H,3-6H2,1-2H3,(H,12,13). The highest BCUT2D eigenvalue weighted by molar-refractivity contribution is 5.81. The maximum Gasteiger partial charge on any atom is 0.309 e. The van der Waals surface area contributed by atoms with E-state index in [2.05, 4.69) is 0 Å². The van der Waals surface area contributed by atoms with Crippen molar-refractivity contribution in [2.45, 2.75) is 33.1 Å². The van der Waals surface area contributed by atoms with E-state index in [1.807, 2.05) is 13.8 Å². The van der Waals surface area contributed by atoms with E-state index in [4.69, 9.17) is 9.84 Å². The first-order valence-corrected chi connectivity index (χ1v) is 5.41. The summed E-state index contributed by atoms with van der Waals surface area (Å²) in [5.41, 5.74) is 0. The van der Waals surface area contributed by atoms with Crippen molar-refractivity contribution >= 4 is 11.9 Å². The van der Waals surface area contributed by atoms with Crippen molar-refractivity contribution in [3.05, 3.63) is 0 Å². The smallest absolute Gasteiger partial charge is 0.309 e. The number of carboxylic acids is 1. The molecule has 0 aliphatic heterocycles. The Morgan fingerprint density at radius 3 is 2.47 bits per heavy atom. The second-order valence-corrected chi connectivity index (χ2v) is 4.51. The predicted octanol–water partition coefficient (Wildman–Crippen LogP) is 1.69. The molecule has 0 bridgehead atoms. The van der Waals surface area contributed by atoms with E-state index < -0.39 is 17.8 Å². The Kier molecular flexibility index (Phi) is 4.12. The Hall–Kier alpha value is -1.06. The molecule has 86 valence electrons. The molecule has 0 heterocycles. The van der Waals surface area contributed by atoms with Crippen LogP contribution in [-0.4, -0.2) is 23.7 Å². The lowest BCUT2D eigenvalue weighted by Crippen LogP contribution is -2.27. The minimum absolute atomic E-state index is 0.290. The molecule has 1 saturated carbocycles. The van der Waals surface area contributed by atoms with E-state index in [0.717, 1.165) is 6.42 Å². The first kappa shape index (κ1) is 12.0. The molecular weight excluding hydrogens is 196 g/mol. The van der Waals surface area contributed by atoms with Gasteiger partial charge in [0.2, 0.25) is 0 Å². The second kappa shape index (κ2) is 5.14. The van der Waals surface area contributed by atoms with Crippen molar-refractivity contribution in [2.75, 3.05) is 6.61 Å². The third-order valence-electron chi connectivity index (χ3n) is 2.69. The van der Waals surface area contributed by atoms with E-state index in [-0.39, 0.29) is 5.97 Å². The summed E-state index contributed by atoms with van der Waals surface area (Å²) >= 11 is 0. The first-order chi connectivity index (χ1) is 7.02. The summed E-state index contributed by atoms with van der Waals surface area (Å²) in [6, 6.07) is 0. The molecule has 0 radical (unpaired) electrons. The highest BCUT2D eigenvalue weighted by Crippen LogP contribution is 2.32. The van der Waals surface area contributed by atoms with Gasteiger partial charge in [-0.1, -0.05) is 20.3 Å². The zero-order valence-corrected chi connectivity index (χ0v) is 9.23. The molecule has 1 rings (SSSR count). The van der Waals surface area contributed by atoms with Crippen LogP contribution < -0.4 is 0 Å². The van der Waals surface area contributed by atoms with Gasteiger partial charge >= 0.3 is 11.9 Å². The van der Waals surface area contributed by atoms with Crippen LogP contribution in [0.25, 0.3) is 0 Å². The van der Waals surface area contributed by atoms with Gasteiger partial charge in [-0.25, -0.2) is 0 Å². The lowest BCUT2D eigenvalue weighted by Gasteiger charge is -2.15. The molecule has 0 aromatic heterocycles. The van der Waals surface area contributed by atoms with Crippen molar-refractivity contribution in [1.29, 1.82) is 0 Å². The van der Waals surface area contributed by atoms with Crippen LogP contribution in [0.15, 0.2) is 0 Å². The van der Waals surface area contributed by atoms with Gasteiger partial charge in [-0.3, -0.25) is 9.59 Å². The summed E-state index contributed by atoms with van der Waals surface area (Å²) in [6.07, 6.45) is 2.04. The average molecular weight is 214 g/mol. The van der Waals surface area contributed by atoms with Crippen LogP contribution in [0.1, 0.15) is 33.1 Å². The third kappa shape index (κ3) is 3.22. The van der Waals surface area contributed by atoms with Crippen molar-refractivity contribution in [2.24, 2.45) is 17.8 Å². The Morgan fingerprint density at radius 2 is 1.93 bits per heavy atom. The van der Waals surface area contributed by atoms with E-state index in [0.29, 0.717) is 25.4 Å². The fourth-order valence-electron chi connectivity index (χ4n) is 1.89. The highest BCUT2D eigenvalue weighted by atomic mass is 16.5. The summed E-state index contributed by atoms with van der Waals surface area (Å²) in [5, 5.41) is 8.90. The summed E-state index contributed by atoms with van der Waals surface area (Å²) in [5.74, 6) is -1.89. The van der Waals surface area contributed by atoms with Gasteiger partial charge in [-0.05, 0) is 18.8 Å². The molecule has 1 N–H and O–H groups in total. The van der Waals surface area contributed by atoms with Gasteiger partial charge in [0.25, 0.3) is 0 Å². The number of carbonyl (C=O) groups excluding carboxylic acids is 1. The largest absolute Gasteiger partial charge is 0.481 e. The molecule has 0 aromatic carbocycles. The summed E-state index contributed by atoms with van der Waals surface area (Å²) in [6.45, 7) is 4.29. The van der Waals surface area contributed by atoms with E-state index in [1.54, 1.807) is 0 Å². The number of hydrogen-bond acceptors (Lipinski definition) is 3. The number of esters is 1. The second-order valence-electron chi connectivity index (χ2n) is 4.51. The fourth-order valence-corrected chi connectivity index (χ4v) is 1.89. The van der Waals surface area contributed by atoms with E-state index in [1.165, 1.54) is 0 Å². The number of carbonyl (C=O) groups is 2. The average Bonchev–Trinajstić information content (AvgIpc) is 2.62. The molecule has 0 amide bonds. The summed E-state index contributed by atoms with van der Waals surface area (Å²) < 4.78 is 5.07. The molecule has 4 heteroatoms. The van der Waals surface area contributed by atoms with Crippen molar-refractivity contribution < 1.29 is 19.4 Å². The van der Waals surface area contributed by atoms with Crippen molar-refractivity contribution in [1.82, 2.24) is 0 Å². The molecule has 2 atom stereocenters. The normalized spacial score (nSPS) is 25.5. The number of rotatable bonds is 4. The maximum atomic E-state index is 11.6. The predicted molar refractivity (Wildman–Crippen MR) is 54.3 cm³/mol. The Labute approximate surface area is 89.6 Å². The first-order valence-electron chi connectivity index (χ1n) is 5.41. The summed E-state index contributed by atoms with van der Waals surface area (Å²) in [4.78, 5) is 22.4. The molecular formula is C11H18O4. The molecule has 4 nitrogen and oxygen atoms in total. The maximum absolute atomic E-state index is 11.6. The van der Waals surface area contributed by atoms with Gasteiger partial charge < -0.3 is 9.84 Å². The minimum atomic E-state index is -0.876. The van der Waals surface area contributed by atoms with Crippen LogP contribution in [0.3, 0.4) is 0 Å². The monoisotopic (exact) mass is 214 g/mol. The highest BCUT2D eigenvalue weighted by Gasteiger charge is 2.38. The molecule has 0 spiro atoms. The molecule has 1 fully saturated rings. The Morgan fingerprint density at radius 1 is 1.33 bits per heavy atom. The lowest BCUT2D eigenvalue weighted by atomic mass is 9.96. The van der Waals surface area contributed by atoms with Crippen LogP contribution in [0, 0.1) is 17.8 Å². The van der Waals surface area contributed by atoms with Gasteiger partial charge in [0, 0.05) is 0 Å². The quantitative estimate of drug-likeness (QED) is 0.723. The van der Waals surface area contributed by atoms with Crippen LogP contribution >= 0.6 is 0 Å². The van der Waals surface area contributed by atoms with E-state index in [9.17, 15) is 9.59 Å². The summed E-state index contributed by atoms with van der Waals surface area (Å²) in [7, 11) is 0. The Bertz CT molecular complexity index is 247. The van der Waals surface area contributed by atoms with E-state index >= 15 is 0 Å². The lowest BCUT2D eigenvalue weighted by molar-refractivity contribution is -0.157. The van der Waals surface area contributed by atoms with Crippen LogP contribution in [-0.2, 0) is 14.3 Å². The van der Waals surface area contributed by atoms with Gasteiger partial charge in [0.15, 0.2) is 0 Å². The SMILES string of the molecule is CC(C)COC(=O)C1CCCC1C(=O)O. The molecule has 0 saturated heterocycles. The van der Waals surface area contributed by atoms with Crippen LogP contribution in [0.4, 0.5) is 0 Å². The van der Waals surface area contributed by atoms with Gasteiger partial charge in [0.1, 0.15) is 0 Å². The van der Waals surface area contributed by atoms with Crippen LogP contribution in [0.5, 0.6) is 0 Å². The minimum Gasteiger partial charge on any atom is -0.481 e. The van der Waals surface area contributed by atoms with Gasteiger partial charge in [-0.15, -0.1) is 0 Å². The third-order valence-corrected chi connectivity index (χ3v) is 2.69. The van der Waals surface area contributed by atoms with Crippen LogP contribution in [0.2, 0.25) is 0 Å². The molecule has 1 aliphatic carbocycles. The number of carboxylic acid groups (broad SMARTS) is 1. The fraction of sp³-hybridized carbons (Fsp3) is 0.818. The molecule has 2 unspecified atom stereocenters. The van der Waals surface area contributed by atoms with Gasteiger partial charge in [-0.2, -0.15) is 0 Å². The molecule has 0 aromatic rings. The zero-order valence-electron chi connectivity index (χ0n) is 9.23. The number of aliphatic carboxylic acids is 1.